The number of nitrogens with one attached hydrogen (secondary N) is 1. The molecular formula is C17H26N2O2S. The number of benzene rings is 1. The van der Waals surface area contributed by atoms with Crippen LogP contribution in [0.5, 0.6) is 0 Å². The Kier molecular flexibility index (Phi) is 7.60. The minimum Gasteiger partial charge on any atom is -0.381 e. The molecule has 1 aliphatic rings. The van der Waals surface area contributed by atoms with Gasteiger partial charge in [-0.25, -0.2) is 4.79 Å². The van der Waals surface area contributed by atoms with Gasteiger partial charge in [0.1, 0.15) is 0 Å². The highest BCUT2D eigenvalue weighted by Gasteiger charge is 2.15. The lowest BCUT2D eigenvalue weighted by molar-refractivity contribution is 0.0553. The molecule has 1 aromatic carbocycles. The third-order valence-electron chi connectivity index (χ3n) is 3.79. The minimum atomic E-state index is 0.0234. The summed E-state index contributed by atoms with van der Waals surface area (Å²) in [7, 11) is 1.86. The second-order valence-electron chi connectivity index (χ2n) is 5.71. The fraction of sp³-hybridized carbons (Fsp3) is 0.588. The van der Waals surface area contributed by atoms with Gasteiger partial charge in [0.05, 0.1) is 6.61 Å². The van der Waals surface area contributed by atoms with E-state index in [0.717, 1.165) is 51.3 Å². The van der Waals surface area contributed by atoms with E-state index in [1.54, 1.807) is 4.90 Å². The molecule has 1 aliphatic heterocycles. The van der Waals surface area contributed by atoms with E-state index in [1.165, 1.54) is 4.90 Å². The van der Waals surface area contributed by atoms with Gasteiger partial charge in [0.15, 0.2) is 0 Å². The van der Waals surface area contributed by atoms with Gasteiger partial charge in [-0.3, -0.25) is 0 Å². The number of hydrogen-bond donors (Lipinski definition) is 1. The largest absolute Gasteiger partial charge is 0.381 e. The zero-order chi connectivity index (χ0) is 15.6. The number of carbonyl (C=O) groups is 1. The van der Waals surface area contributed by atoms with Crippen molar-refractivity contribution >= 4 is 17.8 Å². The van der Waals surface area contributed by atoms with Gasteiger partial charge in [-0.05, 0) is 43.1 Å². The number of hydrogen-bond acceptors (Lipinski definition) is 3. The third-order valence-corrected chi connectivity index (χ3v) is 4.89. The van der Waals surface area contributed by atoms with Crippen molar-refractivity contribution in [2.75, 3.05) is 39.1 Å². The molecule has 4 nitrogen and oxygen atoms in total. The summed E-state index contributed by atoms with van der Waals surface area (Å²) in [4.78, 5) is 15.1. The van der Waals surface area contributed by atoms with Crippen molar-refractivity contribution in [2.45, 2.75) is 24.2 Å². The second-order valence-corrected chi connectivity index (χ2v) is 6.87. The molecule has 1 saturated heterocycles. The molecule has 1 heterocycles. The van der Waals surface area contributed by atoms with E-state index in [2.05, 4.69) is 29.6 Å². The SMILES string of the molecule is CN(CCCSc1ccccc1)C(=O)NCC1CCCOC1. The van der Waals surface area contributed by atoms with Crippen LogP contribution in [0.25, 0.3) is 0 Å². The molecule has 122 valence electrons. The first-order valence-electron chi connectivity index (χ1n) is 8.00. The van der Waals surface area contributed by atoms with Gasteiger partial charge in [-0.2, -0.15) is 0 Å². The third kappa shape index (κ3) is 6.28. The maximum atomic E-state index is 12.0. The monoisotopic (exact) mass is 322 g/mol. The highest BCUT2D eigenvalue weighted by molar-refractivity contribution is 7.99. The summed E-state index contributed by atoms with van der Waals surface area (Å²) >= 11 is 1.84. The standard InChI is InChI=1S/C17H26N2O2S/c1-19(10-6-12-22-16-8-3-2-4-9-16)17(20)18-13-15-7-5-11-21-14-15/h2-4,8-9,15H,5-7,10-14H2,1H3,(H,18,20). The molecule has 0 saturated carbocycles. The second kappa shape index (κ2) is 9.74. The fourth-order valence-electron chi connectivity index (χ4n) is 2.45. The number of thioether (sulfide) groups is 1. The predicted octanol–water partition coefficient (Wildman–Crippen LogP) is 3.24. The van der Waals surface area contributed by atoms with Gasteiger partial charge in [0, 0.05) is 31.6 Å². The predicted molar refractivity (Wildman–Crippen MR) is 91.4 cm³/mol. The first-order valence-corrected chi connectivity index (χ1v) is 8.99. The minimum absolute atomic E-state index is 0.0234. The Bertz CT molecular complexity index is 436. The molecule has 1 fully saturated rings. The summed E-state index contributed by atoms with van der Waals surface area (Å²) in [5.41, 5.74) is 0. The Morgan fingerprint density at radius 1 is 1.41 bits per heavy atom. The van der Waals surface area contributed by atoms with Crippen molar-refractivity contribution in [1.82, 2.24) is 10.2 Å². The summed E-state index contributed by atoms with van der Waals surface area (Å²) in [6.45, 7) is 3.15. The van der Waals surface area contributed by atoms with Crippen molar-refractivity contribution < 1.29 is 9.53 Å². The normalized spacial score (nSPS) is 18.0. The number of nitrogens with zero attached hydrogens (tertiary/aromatic N) is 1. The Hall–Kier alpha value is -1.20. The molecule has 0 aromatic heterocycles. The topological polar surface area (TPSA) is 41.6 Å². The molecule has 0 spiro atoms. The highest BCUT2D eigenvalue weighted by Crippen LogP contribution is 2.17. The summed E-state index contributed by atoms with van der Waals surface area (Å²) in [6.07, 6.45) is 3.25. The molecule has 22 heavy (non-hydrogen) atoms. The summed E-state index contributed by atoms with van der Waals surface area (Å²) in [6, 6.07) is 10.4. The van der Waals surface area contributed by atoms with Crippen LogP contribution >= 0.6 is 11.8 Å². The molecule has 2 amide bonds. The fourth-order valence-corrected chi connectivity index (χ4v) is 3.30. The quantitative estimate of drug-likeness (QED) is 0.619. The van der Waals surface area contributed by atoms with Crippen LogP contribution in [0, 0.1) is 5.92 Å². The van der Waals surface area contributed by atoms with Crippen LogP contribution in [-0.2, 0) is 4.74 Å². The maximum absolute atomic E-state index is 12.0. The molecular weight excluding hydrogens is 296 g/mol. The van der Waals surface area contributed by atoms with E-state index in [9.17, 15) is 4.79 Å². The van der Waals surface area contributed by atoms with Crippen molar-refractivity contribution in [2.24, 2.45) is 5.92 Å². The summed E-state index contributed by atoms with van der Waals surface area (Å²) < 4.78 is 5.43. The van der Waals surface area contributed by atoms with E-state index in [4.69, 9.17) is 4.74 Å². The Balaban J connectivity index is 1.55. The number of rotatable bonds is 7. The van der Waals surface area contributed by atoms with Crippen LogP contribution in [0.2, 0.25) is 0 Å². The lowest BCUT2D eigenvalue weighted by Crippen LogP contribution is -2.41. The van der Waals surface area contributed by atoms with Gasteiger partial charge in [-0.1, -0.05) is 18.2 Å². The van der Waals surface area contributed by atoms with Crippen LogP contribution in [-0.4, -0.2) is 50.0 Å². The van der Waals surface area contributed by atoms with Crippen molar-refractivity contribution in [1.29, 1.82) is 0 Å². The Morgan fingerprint density at radius 2 is 2.23 bits per heavy atom. The van der Waals surface area contributed by atoms with Crippen LogP contribution in [0.4, 0.5) is 4.79 Å². The molecule has 0 radical (unpaired) electrons. The lowest BCUT2D eigenvalue weighted by Gasteiger charge is -2.24. The van der Waals surface area contributed by atoms with Crippen LogP contribution < -0.4 is 5.32 Å². The zero-order valence-electron chi connectivity index (χ0n) is 13.3. The van der Waals surface area contributed by atoms with E-state index >= 15 is 0 Å². The van der Waals surface area contributed by atoms with Gasteiger partial charge < -0.3 is 15.0 Å². The van der Waals surface area contributed by atoms with E-state index < -0.39 is 0 Å². The number of carbonyl (C=O) groups excluding carboxylic acids is 1. The smallest absolute Gasteiger partial charge is 0.317 e. The van der Waals surface area contributed by atoms with Gasteiger partial charge in [0.25, 0.3) is 0 Å². The molecule has 5 heteroatoms. The maximum Gasteiger partial charge on any atom is 0.317 e. The molecule has 1 atom stereocenters. The molecule has 1 aromatic rings. The van der Waals surface area contributed by atoms with E-state index in [-0.39, 0.29) is 6.03 Å². The zero-order valence-corrected chi connectivity index (χ0v) is 14.1. The van der Waals surface area contributed by atoms with Crippen molar-refractivity contribution in [3.63, 3.8) is 0 Å². The molecule has 0 bridgehead atoms. The lowest BCUT2D eigenvalue weighted by atomic mass is 10.0. The summed E-state index contributed by atoms with van der Waals surface area (Å²) in [5.74, 6) is 1.50. The first kappa shape index (κ1) is 17.2. The number of urea groups is 1. The van der Waals surface area contributed by atoms with Crippen LogP contribution in [0.15, 0.2) is 35.2 Å². The van der Waals surface area contributed by atoms with Gasteiger partial charge in [0.2, 0.25) is 0 Å². The highest BCUT2D eigenvalue weighted by atomic mass is 32.2. The Labute approximate surface area is 137 Å². The first-order chi connectivity index (χ1) is 10.8. The van der Waals surface area contributed by atoms with E-state index in [1.807, 2.05) is 24.9 Å². The molecule has 1 N–H and O–H groups in total. The number of ether oxygens (including phenoxy) is 1. The molecule has 1 unspecified atom stereocenters. The molecule has 2 rings (SSSR count). The van der Waals surface area contributed by atoms with Gasteiger partial charge >= 0.3 is 6.03 Å². The average molecular weight is 322 g/mol. The van der Waals surface area contributed by atoms with Crippen molar-refractivity contribution in [3.8, 4) is 0 Å². The number of amides is 2. The average Bonchev–Trinajstić information content (AvgIpc) is 2.58. The van der Waals surface area contributed by atoms with Crippen molar-refractivity contribution in [3.05, 3.63) is 30.3 Å². The summed E-state index contributed by atoms with van der Waals surface area (Å²) in [5, 5.41) is 3.01. The van der Waals surface area contributed by atoms with Crippen LogP contribution in [0.1, 0.15) is 19.3 Å². The van der Waals surface area contributed by atoms with Gasteiger partial charge in [-0.15, -0.1) is 11.8 Å². The van der Waals surface area contributed by atoms with E-state index in [0.29, 0.717) is 5.92 Å². The Morgan fingerprint density at radius 3 is 2.95 bits per heavy atom. The molecule has 0 aliphatic carbocycles. The van der Waals surface area contributed by atoms with Crippen LogP contribution in [0.3, 0.4) is 0 Å².